The number of nitrogens with zero attached hydrogens (tertiary/aromatic N) is 2. The number of rotatable bonds is 5. The van der Waals surface area contributed by atoms with Crippen molar-refractivity contribution in [2.75, 3.05) is 19.7 Å². The molecule has 1 unspecified atom stereocenters. The molecule has 0 saturated carbocycles. The van der Waals surface area contributed by atoms with Gasteiger partial charge < -0.3 is 14.7 Å². The summed E-state index contributed by atoms with van der Waals surface area (Å²) < 4.78 is 5.74. The minimum absolute atomic E-state index is 0.0638. The summed E-state index contributed by atoms with van der Waals surface area (Å²) in [5.74, 6) is -0.755. The van der Waals surface area contributed by atoms with Crippen LogP contribution in [0, 0.1) is 5.92 Å². The monoisotopic (exact) mass is 292 g/mol. The number of carboxylic acids is 1. The van der Waals surface area contributed by atoms with Crippen LogP contribution in [0.25, 0.3) is 0 Å². The van der Waals surface area contributed by atoms with Crippen LogP contribution in [0.15, 0.2) is 18.3 Å². The third kappa shape index (κ3) is 4.01. The smallest absolute Gasteiger partial charge is 0.354 e. The summed E-state index contributed by atoms with van der Waals surface area (Å²) in [6.45, 7) is 6.11. The molecule has 0 spiro atoms. The van der Waals surface area contributed by atoms with E-state index in [1.165, 1.54) is 18.3 Å². The predicted octanol–water partition coefficient (Wildman–Crippen LogP) is 1.67. The van der Waals surface area contributed by atoms with Gasteiger partial charge in [0.05, 0.1) is 11.7 Å². The van der Waals surface area contributed by atoms with Crippen molar-refractivity contribution in [2.24, 2.45) is 5.92 Å². The van der Waals surface area contributed by atoms with Gasteiger partial charge in [0.1, 0.15) is 5.69 Å². The number of likely N-dealkylation sites (tertiary alicyclic amines) is 1. The Morgan fingerprint density at radius 1 is 1.48 bits per heavy atom. The molecule has 1 N–H and O–H groups in total. The van der Waals surface area contributed by atoms with Gasteiger partial charge in [0.15, 0.2) is 0 Å². The van der Waals surface area contributed by atoms with E-state index in [9.17, 15) is 9.59 Å². The fraction of sp³-hybridized carbons (Fsp3) is 0.533. The lowest BCUT2D eigenvalue weighted by Crippen LogP contribution is -2.30. The lowest BCUT2D eigenvalue weighted by Gasteiger charge is -2.17. The first-order chi connectivity index (χ1) is 9.97. The van der Waals surface area contributed by atoms with Gasteiger partial charge in [-0.2, -0.15) is 0 Å². The van der Waals surface area contributed by atoms with Crippen molar-refractivity contribution in [3.05, 3.63) is 29.6 Å². The van der Waals surface area contributed by atoms with E-state index < -0.39 is 5.97 Å². The molecule has 2 rings (SSSR count). The second kappa shape index (κ2) is 6.67. The number of amides is 1. The minimum Gasteiger partial charge on any atom is -0.477 e. The lowest BCUT2D eigenvalue weighted by molar-refractivity contribution is 0.0396. The Balaban J connectivity index is 1.93. The average molecular weight is 292 g/mol. The molecule has 6 heteroatoms. The summed E-state index contributed by atoms with van der Waals surface area (Å²) in [7, 11) is 0. The Morgan fingerprint density at radius 3 is 2.81 bits per heavy atom. The van der Waals surface area contributed by atoms with Gasteiger partial charge >= 0.3 is 5.97 Å². The summed E-state index contributed by atoms with van der Waals surface area (Å²) in [6.07, 6.45) is 2.23. The molecule has 21 heavy (non-hydrogen) atoms. The number of hydrogen-bond acceptors (Lipinski definition) is 4. The quantitative estimate of drug-likeness (QED) is 0.893. The zero-order chi connectivity index (χ0) is 15.4. The molecule has 6 nitrogen and oxygen atoms in total. The standard InChI is InChI=1S/C15H20N2O4/c1-10(2)9-21-12-5-6-17(8-12)14(18)11-3-4-13(15(19)20)16-7-11/h3-4,7,10,12H,5-6,8-9H2,1-2H3,(H,19,20). The Bertz CT molecular complexity index is 513. The third-order valence-corrected chi connectivity index (χ3v) is 3.33. The van der Waals surface area contributed by atoms with Crippen LogP contribution in [-0.2, 0) is 4.74 Å². The van der Waals surface area contributed by atoms with Gasteiger partial charge in [-0.15, -0.1) is 0 Å². The van der Waals surface area contributed by atoms with E-state index in [-0.39, 0.29) is 17.7 Å². The van der Waals surface area contributed by atoms with E-state index in [1.807, 2.05) is 0 Å². The first kappa shape index (κ1) is 15.4. The Morgan fingerprint density at radius 2 is 2.24 bits per heavy atom. The molecule has 1 aromatic rings. The van der Waals surface area contributed by atoms with E-state index in [1.54, 1.807) is 4.90 Å². The van der Waals surface area contributed by atoms with Crippen LogP contribution < -0.4 is 0 Å². The Hall–Kier alpha value is -1.95. The van der Waals surface area contributed by atoms with Crippen molar-refractivity contribution < 1.29 is 19.4 Å². The molecule has 0 radical (unpaired) electrons. The normalized spacial score (nSPS) is 18.2. The Kier molecular flexibility index (Phi) is 4.90. The fourth-order valence-corrected chi connectivity index (χ4v) is 2.21. The van der Waals surface area contributed by atoms with Crippen molar-refractivity contribution in [2.45, 2.75) is 26.4 Å². The zero-order valence-electron chi connectivity index (χ0n) is 12.3. The lowest BCUT2D eigenvalue weighted by atomic mass is 10.2. The van der Waals surface area contributed by atoms with Gasteiger partial charge in [-0.25, -0.2) is 9.78 Å². The number of hydrogen-bond donors (Lipinski definition) is 1. The molecular weight excluding hydrogens is 272 g/mol. The maximum absolute atomic E-state index is 12.3. The topological polar surface area (TPSA) is 79.7 Å². The molecule has 1 fully saturated rings. The molecule has 0 aromatic carbocycles. The van der Waals surface area contributed by atoms with Crippen molar-refractivity contribution >= 4 is 11.9 Å². The van der Waals surface area contributed by atoms with Gasteiger partial charge in [0, 0.05) is 25.9 Å². The van der Waals surface area contributed by atoms with Gasteiger partial charge in [0.25, 0.3) is 5.91 Å². The molecule has 1 amide bonds. The molecule has 1 aliphatic rings. The number of aromatic carboxylic acids is 1. The van der Waals surface area contributed by atoms with Crippen molar-refractivity contribution in [3.8, 4) is 0 Å². The van der Waals surface area contributed by atoms with E-state index in [2.05, 4.69) is 18.8 Å². The summed E-state index contributed by atoms with van der Waals surface area (Å²) in [5, 5.41) is 8.79. The van der Waals surface area contributed by atoms with Crippen LogP contribution in [0.4, 0.5) is 0 Å². The summed E-state index contributed by atoms with van der Waals surface area (Å²) >= 11 is 0. The third-order valence-electron chi connectivity index (χ3n) is 3.33. The first-order valence-corrected chi connectivity index (χ1v) is 7.07. The van der Waals surface area contributed by atoms with Crippen LogP contribution in [0.5, 0.6) is 0 Å². The minimum atomic E-state index is -1.10. The fourth-order valence-electron chi connectivity index (χ4n) is 2.21. The number of pyridine rings is 1. The van der Waals surface area contributed by atoms with E-state index in [0.717, 1.165) is 6.42 Å². The maximum Gasteiger partial charge on any atom is 0.354 e. The molecule has 1 aliphatic heterocycles. The molecule has 1 aromatic heterocycles. The number of carbonyl (C=O) groups excluding carboxylic acids is 1. The van der Waals surface area contributed by atoms with E-state index in [4.69, 9.17) is 9.84 Å². The summed E-state index contributed by atoms with van der Waals surface area (Å²) in [4.78, 5) is 28.5. The molecule has 114 valence electrons. The largest absolute Gasteiger partial charge is 0.477 e. The number of ether oxygens (including phenoxy) is 1. The van der Waals surface area contributed by atoms with Crippen LogP contribution in [0.1, 0.15) is 41.1 Å². The highest BCUT2D eigenvalue weighted by atomic mass is 16.5. The second-order valence-corrected chi connectivity index (χ2v) is 5.63. The SMILES string of the molecule is CC(C)COC1CCN(C(=O)c2ccc(C(=O)O)nc2)C1. The molecular formula is C15H20N2O4. The van der Waals surface area contributed by atoms with E-state index in [0.29, 0.717) is 31.2 Å². The molecule has 2 heterocycles. The molecule has 0 bridgehead atoms. The van der Waals surface area contributed by atoms with Crippen molar-refractivity contribution in [1.29, 1.82) is 0 Å². The Labute approximate surface area is 123 Å². The van der Waals surface area contributed by atoms with E-state index >= 15 is 0 Å². The van der Waals surface area contributed by atoms with Crippen LogP contribution >= 0.6 is 0 Å². The number of carboxylic acid groups (broad SMARTS) is 1. The van der Waals surface area contributed by atoms with Crippen molar-refractivity contribution in [3.63, 3.8) is 0 Å². The highest BCUT2D eigenvalue weighted by Gasteiger charge is 2.27. The van der Waals surface area contributed by atoms with Crippen LogP contribution in [-0.4, -0.2) is 52.7 Å². The highest BCUT2D eigenvalue weighted by Crippen LogP contribution is 2.16. The highest BCUT2D eigenvalue weighted by molar-refractivity contribution is 5.95. The molecule has 0 aliphatic carbocycles. The number of carbonyl (C=O) groups is 2. The number of aromatic nitrogens is 1. The average Bonchev–Trinajstić information content (AvgIpc) is 2.93. The van der Waals surface area contributed by atoms with Gasteiger partial charge in [0.2, 0.25) is 0 Å². The van der Waals surface area contributed by atoms with Crippen molar-refractivity contribution in [1.82, 2.24) is 9.88 Å². The van der Waals surface area contributed by atoms with Gasteiger partial charge in [-0.3, -0.25) is 4.79 Å². The van der Waals surface area contributed by atoms with Crippen LogP contribution in [0.3, 0.4) is 0 Å². The second-order valence-electron chi connectivity index (χ2n) is 5.63. The van der Waals surface area contributed by atoms with Gasteiger partial charge in [-0.1, -0.05) is 13.8 Å². The molecule has 1 saturated heterocycles. The summed E-state index contributed by atoms with van der Waals surface area (Å²) in [6, 6.07) is 2.85. The predicted molar refractivity (Wildman–Crippen MR) is 76.3 cm³/mol. The summed E-state index contributed by atoms with van der Waals surface area (Å²) in [5.41, 5.74) is 0.343. The molecule has 1 atom stereocenters. The maximum atomic E-state index is 12.3. The first-order valence-electron chi connectivity index (χ1n) is 7.07. The van der Waals surface area contributed by atoms with Gasteiger partial charge in [-0.05, 0) is 24.5 Å². The van der Waals surface area contributed by atoms with Crippen LogP contribution in [0.2, 0.25) is 0 Å². The zero-order valence-corrected chi connectivity index (χ0v) is 12.3.